The lowest BCUT2D eigenvalue weighted by atomic mass is 9.89. The van der Waals surface area contributed by atoms with Crippen molar-refractivity contribution >= 4 is 28.4 Å². The van der Waals surface area contributed by atoms with Crippen LogP contribution in [0.25, 0.3) is 10.9 Å². The third-order valence-corrected chi connectivity index (χ3v) is 6.41. The first-order valence-electron chi connectivity index (χ1n) is 11.6. The molecule has 7 nitrogen and oxygen atoms in total. The summed E-state index contributed by atoms with van der Waals surface area (Å²) in [6.45, 7) is 10.8. The molecular formula is C27H31N3O4. The highest BCUT2D eigenvalue weighted by molar-refractivity contribution is 6.20. The number of hydrogen-bond acceptors (Lipinski definition) is 6. The number of hydrogen-bond donors (Lipinski definition) is 0. The van der Waals surface area contributed by atoms with E-state index < -0.39 is 11.5 Å². The predicted octanol–water partition coefficient (Wildman–Crippen LogP) is 4.27. The first-order chi connectivity index (χ1) is 16.3. The van der Waals surface area contributed by atoms with Crippen molar-refractivity contribution in [3.05, 3.63) is 71.4 Å². The average molecular weight is 462 g/mol. The van der Waals surface area contributed by atoms with Gasteiger partial charge < -0.3 is 14.1 Å². The van der Waals surface area contributed by atoms with Gasteiger partial charge in [-0.1, -0.05) is 35.5 Å². The standard InChI is InChI=1S/C27H31N3O4/c1-5-29-18-23(25(28-34-19(2)31)20-9-7-6-8-10-20)22-17-21(11-12-24(22)29)26(32)27(3,4)30-13-15-33-16-14-30/h6-12,17-18H,5,13-16H2,1-4H3/b28-25+. The van der Waals surface area contributed by atoms with Crippen molar-refractivity contribution in [3.8, 4) is 0 Å². The van der Waals surface area contributed by atoms with Gasteiger partial charge in [0.1, 0.15) is 5.71 Å². The van der Waals surface area contributed by atoms with Crippen molar-refractivity contribution in [2.75, 3.05) is 26.3 Å². The molecule has 0 amide bonds. The van der Waals surface area contributed by atoms with E-state index in [4.69, 9.17) is 9.57 Å². The Hall–Kier alpha value is -3.29. The van der Waals surface area contributed by atoms with Crippen LogP contribution in [0.4, 0.5) is 0 Å². The van der Waals surface area contributed by atoms with Gasteiger partial charge in [0, 0.05) is 60.3 Å². The van der Waals surface area contributed by atoms with Crippen LogP contribution in [0, 0.1) is 0 Å². The SMILES string of the molecule is CCn1cc(/C(=N/OC(C)=O)c2ccccc2)c2cc(C(=O)C(C)(C)N3CCOCC3)ccc21. The fraction of sp³-hybridized carbons (Fsp3) is 0.370. The Bertz CT molecular complexity index is 1220. The topological polar surface area (TPSA) is 73.1 Å². The van der Waals surface area contributed by atoms with Crippen LogP contribution in [-0.4, -0.2) is 58.8 Å². The molecule has 1 saturated heterocycles. The van der Waals surface area contributed by atoms with E-state index in [2.05, 4.69) is 21.5 Å². The number of rotatable bonds is 7. The maximum atomic E-state index is 13.7. The van der Waals surface area contributed by atoms with Gasteiger partial charge in [0.15, 0.2) is 5.78 Å². The molecular weight excluding hydrogens is 430 g/mol. The number of Topliss-reactive ketones (excluding diaryl/α,β-unsaturated/α-hetero) is 1. The summed E-state index contributed by atoms with van der Waals surface area (Å²) in [6.07, 6.45) is 2.00. The maximum Gasteiger partial charge on any atom is 0.332 e. The number of carbonyl (C=O) groups excluding carboxylic acids is 2. The second kappa shape index (κ2) is 9.91. The molecule has 0 unspecified atom stereocenters. The number of nitrogens with zero attached hydrogens (tertiary/aromatic N) is 3. The zero-order valence-corrected chi connectivity index (χ0v) is 20.2. The number of fused-ring (bicyclic) bond motifs is 1. The molecule has 2 heterocycles. The molecule has 4 rings (SSSR count). The van der Waals surface area contributed by atoms with Crippen LogP contribution in [0.15, 0.2) is 59.9 Å². The Balaban J connectivity index is 1.83. The highest BCUT2D eigenvalue weighted by Crippen LogP contribution is 2.29. The van der Waals surface area contributed by atoms with Crippen LogP contribution in [0.3, 0.4) is 0 Å². The molecule has 0 saturated carbocycles. The van der Waals surface area contributed by atoms with Crippen LogP contribution in [0.2, 0.25) is 0 Å². The van der Waals surface area contributed by atoms with Crippen molar-refractivity contribution in [1.29, 1.82) is 0 Å². The highest BCUT2D eigenvalue weighted by Gasteiger charge is 2.36. The van der Waals surface area contributed by atoms with Crippen LogP contribution < -0.4 is 0 Å². The summed E-state index contributed by atoms with van der Waals surface area (Å²) >= 11 is 0. The zero-order valence-electron chi connectivity index (χ0n) is 20.2. The monoisotopic (exact) mass is 461 g/mol. The average Bonchev–Trinajstić information content (AvgIpc) is 3.22. The van der Waals surface area contributed by atoms with E-state index >= 15 is 0 Å². The van der Waals surface area contributed by atoms with E-state index in [1.54, 1.807) is 0 Å². The van der Waals surface area contributed by atoms with Crippen molar-refractivity contribution in [2.24, 2.45) is 5.16 Å². The Morgan fingerprint density at radius 1 is 1.06 bits per heavy atom. The molecule has 2 aromatic carbocycles. The lowest BCUT2D eigenvalue weighted by molar-refractivity contribution is -0.140. The molecule has 0 spiro atoms. The highest BCUT2D eigenvalue weighted by atomic mass is 16.7. The van der Waals surface area contributed by atoms with E-state index in [1.807, 2.05) is 68.6 Å². The predicted molar refractivity (Wildman–Crippen MR) is 132 cm³/mol. The molecule has 0 radical (unpaired) electrons. The summed E-state index contributed by atoms with van der Waals surface area (Å²) in [6, 6.07) is 15.4. The Kier molecular flexibility index (Phi) is 6.95. The lowest BCUT2D eigenvalue weighted by Gasteiger charge is -2.39. The van der Waals surface area contributed by atoms with E-state index in [1.165, 1.54) is 6.92 Å². The smallest absolute Gasteiger partial charge is 0.332 e. The third kappa shape index (κ3) is 4.67. The second-order valence-corrected chi connectivity index (χ2v) is 8.94. The number of aryl methyl sites for hydroxylation is 1. The molecule has 7 heteroatoms. The summed E-state index contributed by atoms with van der Waals surface area (Å²) in [7, 11) is 0. The van der Waals surface area contributed by atoms with Gasteiger partial charge >= 0.3 is 5.97 Å². The third-order valence-electron chi connectivity index (χ3n) is 6.41. The molecule has 0 bridgehead atoms. The van der Waals surface area contributed by atoms with Gasteiger partial charge in [0.05, 0.1) is 18.8 Å². The molecule has 178 valence electrons. The van der Waals surface area contributed by atoms with Gasteiger partial charge in [-0.05, 0) is 39.0 Å². The number of ketones is 1. The van der Waals surface area contributed by atoms with Gasteiger partial charge in [-0.2, -0.15) is 0 Å². The molecule has 0 aliphatic carbocycles. The normalized spacial score (nSPS) is 15.5. The molecule has 1 aromatic heterocycles. The zero-order chi connectivity index (χ0) is 24.3. The maximum absolute atomic E-state index is 13.7. The molecule has 34 heavy (non-hydrogen) atoms. The number of morpholine rings is 1. The number of aromatic nitrogens is 1. The Labute approximate surface area is 199 Å². The first-order valence-corrected chi connectivity index (χ1v) is 11.6. The minimum absolute atomic E-state index is 0.0599. The summed E-state index contributed by atoms with van der Waals surface area (Å²) in [5.41, 5.74) is 3.15. The number of benzene rings is 2. The second-order valence-electron chi connectivity index (χ2n) is 8.94. The quantitative estimate of drug-likeness (QED) is 0.227. The van der Waals surface area contributed by atoms with Crippen LogP contribution in [0.1, 0.15) is 49.2 Å². The van der Waals surface area contributed by atoms with E-state index in [9.17, 15) is 9.59 Å². The molecule has 3 aromatic rings. The molecule has 1 aliphatic rings. The van der Waals surface area contributed by atoms with Crippen molar-refractivity contribution in [3.63, 3.8) is 0 Å². The summed E-state index contributed by atoms with van der Waals surface area (Å²) < 4.78 is 7.58. The van der Waals surface area contributed by atoms with Gasteiger partial charge in [0.2, 0.25) is 0 Å². The van der Waals surface area contributed by atoms with Gasteiger partial charge in [-0.3, -0.25) is 9.69 Å². The van der Waals surface area contributed by atoms with Gasteiger partial charge in [0.25, 0.3) is 0 Å². The van der Waals surface area contributed by atoms with Crippen LogP contribution in [0.5, 0.6) is 0 Å². The number of carbonyl (C=O) groups is 2. The van der Waals surface area contributed by atoms with E-state index in [0.717, 1.165) is 41.7 Å². The molecule has 1 aliphatic heterocycles. The Morgan fingerprint density at radius 2 is 1.76 bits per heavy atom. The largest absolute Gasteiger partial charge is 0.379 e. The summed E-state index contributed by atoms with van der Waals surface area (Å²) in [4.78, 5) is 32.5. The lowest BCUT2D eigenvalue weighted by Crippen LogP contribution is -2.54. The Morgan fingerprint density at radius 3 is 2.41 bits per heavy atom. The number of ether oxygens (including phenoxy) is 1. The van der Waals surface area contributed by atoms with E-state index in [-0.39, 0.29) is 5.78 Å². The first kappa shape index (κ1) is 23.9. The van der Waals surface area contributed by atoms with Crippen LogP contribution >= 0.6 is 0 Å². The summed E-state index contributed by atoms with van der Waals surface area (Å²) in [5.74, 6) is -0.430. The minimum atomic E-state index is -0.654. The van der Waals surface area contributed by atoms with Gasteiger partial charge in [-0.25, -0.2) is 4.79 Å². The van der Waals surface area contributed by atoms with Crippen molar-refractivity contribution in [1.82, 2.24) is 9.47 Å². The van der Waals surface area contributed by atoms with E-state index in [0.29, 0.717) is 24.5 Å². The van der Waals surface area contributed by atoms with Crippen LogP contribution in [-0.2, 0) is 20.9 Å². The van der Waals surface area contributed by atoms with Crippen molar-refractivity contribution < 1.29 is 19.2 Å². The molecule has 1 fully saturated rings. The fourth-order valence-electron chi connectivity index (χ4n) is 4.47. The minimum Gasteiger partial charge on any atom is -0.379 e. The number of oxime groups is 1. The molecule has 0 N–H and O–H groups in total. The van der Waals surface area contributed by atoms with Gasteiger partial charge in [-0.15, -0.1) is 0 Å². The summed E-state index contributed by atoms with van der Waals surface area (Å²) in [5, 5.41) is 5.09. The fourth-order valence-corrected chi connectivity index (χ4v) is 4.47. The van der Waals surface area contributed by atoms with Crippen molar-refractivity contribution in [2.45, 2.75) is 39.8 Å². The molecule has 0 atom stereocenters.